The second-order valence-corrected chi connectivity index (χ2v) is 9.05. The van der Waals surface area contributed by atoms with Crippen molar-refractivity contribution in [2.45, 2.75) is 44.3 Å². The topological polar surface area (TPSA) is 67.4 Å². The first-order chi connectivity index (χ1) is 13.2. The smallest absolute Gasteiger partial charge is 0.299 e. The van der Waals surface area contributed by atoms with E-state index in [1.807, 2.05) is 0 Å². The van der Waals surface area contributed by atoms with E-state index in [4.69, 9.17) is 16.3 Å². The maximum absolute atomic E-state index is 13.3. The summed E-state index contributed by atoms with van der Waals surface area (Å²) in [5.74, 6) is -1.99. The summed E-state index contributed by atoms with van der Waals surface area (Å²) >= 11 is 6.19. The monoisotopic (exact) mass is 428 g/mol. The summed E-state index contributed by atoms with van der Waals surface area (Å²) in [5, 5.41) is 0.500. The molecule has 9 heteroatoms. The molecule has 2 aromatic carbocycles. The van der Waals surface area contributed by atoms with Gasteiger partial charge in [0.15, 0.2) is 0 Å². The molecular weight excluding hydrogens is 410 g/mol. The number of fused-ring (bicyclic) bond motifs is 1. The zero-order chi connectivity index (χ0) is 19.9. The summed E-state index contributed by atoms with van der Waals surface area (Å²) in [4.78, 5) is 0. The van der Waals surface area contributed by atoms with E-state index < -0.39 is 16.1 Å². The van der Waals surface area contributed by atoms with Gasteiger partial charge in [-0.25, -0.2) is 8.78 Å². The molecule has 2 aromatic rings. The molecular formula is C19H19ClF2N2O3S. The van der Waals surface area contributed by atoms with Crippen molar-refractivity contribution in [3.63, 3.8) is 0 Å². The maximum Gasteiger partial charge on any atom is 0.299 e. The van der Waals surface area contributed by atoms with Gasteiger partial charge >= 0.3 is 0 Å². The molecule has 0 atom stereocenters. The molecule has 28 heavy (non-hydrogen) atoms. The fourth-order valence-corrected chi connectivity index (χ4v) is 4.70. The van der Waals surface area contributed by atoms with Crippen LogP contribution in [0.1, 0.15) is 31.2 Å². The molecule has 1 fully saturated rings. The Morgan fingerprint density at radius 1 is 1.11 bits per heavy atom. The van der Waals surface area contributed by atoms with Crippen LogP contribution in [-0.4, -0.2) is 20.4 Å². The van der Waals surface area contributed by atoms with E-state index in [9.17, 15) is 17.2 Å². The molecule has 0 radical (unpaired) electrons. The number of rotatable bonds is 3. The lowest BCUT2D eigenvalue weighted by atomic mass is 9.94. The zero-order valence-electron chi connectivity index (χ0n) is 14.8. The number of anilines is 1. The van der Waals surface area contributed by atoms with Crippen LogP contribution < -0.4 is 14.2 Å². The molecule has 0 aromatic heterocycles. The lowest BCUT2D eigenvalue weighted by Gasteiger charge is -2.28. The van der Waals surface area contributed by atoms with Gasteiger partial charge in [0.2, 0.25) is 5.92 Å². The first-order valence-corrected chi connectivity index (χ1v) is 10.8. The Balaban J connectivity index is 1.56. The van der Waals surface area contributed by atoms with Crippen molar-refractivity contribution in [2.75, 3.05) is 4.72 Å². The second-order valence-electron chi connectivity index (χ2n) is 7.11. The van der Waals surface area contributed by atoms with E-state index >= 15 is 0 Å². The number of alkyl halides is 2. The Bertz CT molecular complexity index is 987. The molecule has 4 rings (SSSR count). The van der Waals surface area contributed by atoms with Crippen LogP contribution in [0.2, 0.25) is 5.02 Å². The Morgan fingerprint density at radius 3 is 2.46 bits per heavy atom. The molecule has 2 aliphatic rings. The van der Waals surface area contributed by atoms with E-state index in [2.05, 4.69) is 9.44 Å². The third-order valence-corrected chi connectivity index (χ3v) is 6.22. The van der Waals surface area contributed by atoms with Crippen LogP contribution in [0.5, 0.6) is 5.75 Å². The van der Waals surface area contributed by atoms with Gasteiger partial charge in [-0.3, -0.25) is 4.72 Å². The predicted molar refractivity (Wildman–Crippen MR) is 104 cm³/mol. The third-order valence-electron chi connectivity index (χ3n) is 5.01. The van der Waals surface area contributed by atoms with Crippen LogP contribution in [0.15, 0.2) is 36.4 Å². The average Bonchev–Trinajstić information content (AvgIpc) is 2.64. The van der Waals surface area contributed by atoms with Gasteiger partial charge in [0.1, 0.15) is 5.75 Å². The molecule has 0 spiro atoms. The Kier molecular flexibility index (Phi) is 4.97. The number of hydrogen-bond donors (Lipinski definition) is 2. The van der Waals surface area contributed by atoms with E-state index in [1.165, 1.54) is 0 Å². The fourth-order valence-electron chi connectivity index (χ4n) is 3.53. The van der Waals surface area contributed by atoms with Crippen molar-refractivity contribution in [1.29, 1.82) is 0 Å². The van der Waals surface area contributed by atoms with Crippen LogP contribution in [0.3, 0.4) is 0 Å². The fraction of sp³-hybridized carbons (Fsp3) is 0.368. The molecule has 1 aliphatic carbocycles. The van der Waals surface area contributed by atoms with Crippen molar-refractivity contribution >= 4 is 27.5 Å². The lowest BCUT2D eigenvalue weighted by molar-refractivity contribution is -0.0582. The summed E-state index contributed by atoms with van der Waals surface area (Å²) in [5.41, 5.74) is 2.68. The van der Waals surface area contributed by atoms with Crippen LogP contribution in [0.4, 0.5) is 14.5 Å². The van der Waals surface area contributed by atoms with Gasteiger partial charge in [0.25, 0.3) is 10.2 Å². The van der Waals surface area contributed by atoms with Crippen molar-refractivity contribution in [3.8, 4) is 16.9 Å². The third kappa shape index (κ3) is 4.24. The SMILES string of the molecule is O=S1(=O)NCc2cc(Cl)cc(-c3ccc(OC4CCC(F)(F)CC4)cc3)c2N1. The quantitative estimate of drug-likeness (QED) is 0.743. The van der Waals surface area contributed by atoms with Crippen molar-refractivity contribution < 1.29 is 21.9 Å². The van der Waals surface area contributed by atoms with Gasteiger partial charge in [0.05, 0.1) is 11.8 Å². The molecule has 150 valence electrons. The lowest BCUT2D eigenvalue weighted by Crippen LogP contribution is -2.34. The molecule has 0 saturated heterocycles. The van der Waals surface area contributed by atoms with E-state index in [-0.39, 0.29) is 25.5 Å². The van der Waals surface area contributed by atoms with Gasteiger partial charge < -0.3 is 4.74 Å². The van der Waals surface area contributed by atoms with E-state index in [0.717, 1.165) is 11.1 Å². The minimum Gasteiger partial charge on any atom is -0.490 e. The van der Waals surface area contributed by atoms with Crippen molar-refractivity contribution in [3.05, 3.63) is 47.0 Å². The van der Waals surface area contributed by atoms with E-state index in [0.29, 0.717) is 34.9 Å². The highest BCUT2D eigenvalue weighted by atomic mass is 35.5. The predicted octanol–water partition coefficient (Wildman–Crippen LogP) is 4.72. The first-order valence-electron chi connectivity index (χ1n) is 8.96. The molecule has 2 N–H and O–H groups in total. The largest absolute Gasteiger partial charge is 0.490 e. The Hall–Kier alpha value is -1.90. The number of halogens is 3. The Morgan fingerprint density at radius 2 is 1.79 bits per heavy atom. The molecule has 0 unspecified atom stereocenters. The van der Waals surface area contributed by atoms with Gasteiger partial charge in [-0.15, -0.1) is 0 Å². The van der Waals surface area contributed by atoms with Crippen molar-refractivity contribution in [2.24, 2.45) is 0 Å². The summed E-state index contributed by atoms with van der Waals surface area (Å²) in [6.07, 6.45) is 0.121. The van der Waals surface area contributed by atoms with Crippen molar-refractivity contribution in [1.82, 2.24) is 4.72 Å². The molecule has 1 heterocycles. The molecule has 5 nitrogen and oxygen atoms in total. The highest BCUT2D eigenvalue weighted by Gasteiger charge is 2.35. The molecule has 1 saturated carbocycles. The standard InChI is InChI=1S/C19H19ClF2N2O3S/c20-14-9-13-11-23-28(25,26)24-18(13)17(10-14)12-1-3-15(4-2-12)27-16-5-7-19(21,22)8-6-16/h1-4,9-10,16,23-24H,5-8,11H2. The molecule has 1 aliphatic heterocycles. The first kappa shape index (κ1) is 19.4. The number of hydrogen-bond acceptors (Lipinski definition) is 3. The van der Waals surface area contributed by atoms with Gasteiger partial charge in [-0.05, 0) is 48.2 Å². The van der Waals surface area contributed by atoms with Gasteiger partial charge in [0, 0.05) is 30.0 Å². The minimum atomic E-state index is -3.61. The van der Waals surface area contributed by atoms with Crippen LogP contribution in [0, 0.1) is 0 Å². The summed E-state index contributed by atoms with van der Waals surface area (Å²) in [7, 11) is -3.61. The zero-order valence-corrected chi connectivity index (χ0v) is 16.4. The van der Waals surface area contributed by atoms with Crippen LogP contribution in [0.25, 0.3) is 11.1 Å². The van der Waals surface area contributed by atoms with Crippen LogP contribution in [-0.2, 0) is 16.8 Å². The second kappa shape index (κ2) is 7.17. The van der Waals surface area contributed by atoms with E-state index in [1.54, 1.807) is 36.4 Å². The highest BCUT2D eigenvalue weighted by molar-refractivity contribution is 7.90. The number of nitrogens with one attached hydrogen (secondary N) is 2. The highest BCUT2D eigenvalue weighted by Crippen LogP contribution is 2.38. The molecule has 0 amide bonds. The Labute approximate surface area is 167 Å². The molecule has 0 bridgehead atoms. The summed E-state index contributed by atoms with van der Waals surface area (Å²) in [6, 6.07) is 10.5. The number of benzene rings is 2. The normalized spacial score (nSPS) is 20.8. The number of ether oxygens (including phenoxy) is 1. The minimum absolute atomic E-state index is 0.154. The van der Waals surface area contributed by atoms with Crippen LogP contribution >= 0.6 is 11.6 Å². The average molecular weight is 429 g/mol. The van der Waals surface area contributed by atoms with Gasteiger partial charge in [-0.2, -0.15) is 13.1 Å². The summed E-state index contributed by atoms with van der Waals surface area (Å²) < 4.78 is 61.0. The van der Waals surface area contributed by atoms with Gasteiger partial charge in [-0.1, -0.05) is 23.7 Å². The summed E-state index contributed by atoms with van der Waals surface area (Å²) in [6.45, 7) is 0.158. The maximum atomic E-state index is 13.3.